The Labute approximate surface area is 192 Å². The molecule has 1 aliphatic rings. The van der Waals surface area contributed by atoms with E-state index in [4.69, 9.17) is 4.55 Å². The van der Waals surface area contributed by atoms with Crippen molar-refractivity contribution >= 4 is 16.0 Å². The van der Waals surface area contributed by atoms with Crippen molar-refractivity contribution < 1.29 is 17.8 Å². The maximum atomic E-state index is 12.7. The van der Waals surface area contributed by atoms with Crippen LogP contribution in [-0.2, 0) is 14.9 Å². The second-order valence-corrected chi connectivity index (χ2v) is 10.7. The van der Waals surface area contributed by atoms with Gasteiger partial charge in [-0.05, 0) is 19.3 Å². The predicted molar refractivity (Wildman–Crippen MR) is 130 cm³/mol. The molecule has 0 aromatic carbocycles. The minimum Gasteiger partial charge on any atom is -0.344 e. The van der Waals surface area contributed by atoms with Gasteiger partial charge in [0.25, 0.3) is 10.1 Å². The zero-order chi connectivity index (χ0) is 22.1. The van der Waals surface area contributed by atoms with Gasteiger partial charge in [-0.15, -0.1) is 0 Å². The van der Waals surface area contributed by atoms with Gasteiger partial charge in [-0.3, -0.25) is 9.35 Å². The molecule has 0 aliphatic heterocycles. The van der Waals surface area contributed by atoms with Gasteiger partial charge in [0.1, 0.15) is 0 Å². The second-order valence-electron chi connectivity index (χ2n) is 9.16. The zero-order valence-corrected chi connectivity index (χ0v) is 21.0. The summed E-state index contributed by atoms with van der Waals surface area (Å²) in [7, 11) is -4.03. The number of amides is 1. The molecule has 0 aromatic rings. The number of hydrogen-bond acceptors (Lipinski definition) is 4. The Morgan fingerprint density at radius 2 is 1.26 bits per heavy atom. The van der Waals surface area contributed by atoms with Crippen molar-refractivity contribution in [3.8, 4) is 0 Å². The van der Waals surface area contributed by atoms with Gasteiger partial charge >= 0.3 is 0 Å². The van der Waals surface area contributed by atoms with Crippen LogP contribution in [0.15, 0.2) is 0 Å². The molecule has 0 spiro atoms. The summed E-state index contributed by atoms with van der Waals surface area (Å²) in [5, 5.41) is 0. The molecule has 0 saturated heterocycles. The molecule has 7 heteroatoms. The first kappa shape index (κ1) is 30.3. The van der Waals surface area contributed by atoms with Crippen LogP contribution in [-0.4, -0.2) is 42.1 Å². The van der Waals surface area contributed by atoms with Crippen LogP contribution < -0.4 is 6.15 Å². The van der Waals surface area contributed by atoms with Gasteiger partial charge in [0.15, 0.2) is 0 Å². The van der Waals surface area contributed by atoms with E-state index in [2.05, 4.69) is 6.92 Å². The molecular formula is C24H50N2O4S. The zero-order valence-electron chi connectivity index (χ0n) is 20.2. The van der Waals surface area contributed by atoms with Crippen LogP contribution in [0.2, 0.25) is 0 Å². The SMILES string of the molecule is CCCCCCCCCCCCCCCC(=O)N(CCS(=O)(=O)O)C1CCCCC1.N. The summed E-state index contributed by atoms with van der Waals surface area (Å²) in [6.07, 6.45) is 22.4. The molecule has 0 bridgehead atoms. The highest BCUT2D eigenvalue weighted by Crippen LogP contribution is 2.24. The summed E-state index contributed by atoms with van der Waals surface area (Å²) >= 11 is 0. The van der Waals surface area contributed by atoms with Gasteiger partial charge in [-0.2, -0.15) is 8.42 Å². The van der Waals surface area contributed by atoms with Crippen molar-refractivity contribution in [1.82, 2.24) is 11.1 Å². The lowest BCUT2D eigenvalue weighted by molar-refractivity contribution is -0.134. The molecule has 0 heterocycles. The number of rotatable bonds is 18. The van der Waals surface area contributed by atoms with E-state index in [0.717, 1.165) is 38.5 Å². The molecule has 1 aliphatic carbocycles. The van der Waals surface area contributed by atoms with E-state index >= 15 is 0 Å². The van der Waals surface area contributed by atoms with Crippen molar-refractivity contribution in [2.24, 2.45) is 0 Å². The van der Waals surface area contributed by atoms with E-state index in [-0.39, 0.29) is 30.4 Å². The lowest BCUT2D eigenvalue weighted by atomic mass is 9.94. The van der Waals surface area contributed by atoms with Crippen LogP contribution in [0.1, 0.15) is 129 Å². The summed E-state index contributed by atoms with van der Waals surface area (Å²) in [6.45, 7) is 2.38. The molecule has 1 rings (SSSR count). The Morgan fingerprint density at radius 3 is 1.71 bits per heavy atom. The van der Waals surface area contributed by atoms with Crippen LogP contribution in [0.4, 0.5) is 0 Å². The maximum absolute atomic E-state index is 12.7. The highest BCUT2D eigenvalue weighted by Gasteiger charge is 2.26. The highest BCUT2D eigenvalue weighted by atomic mass is 32.2. The average molecular weight is 463 g/mol. The fourth-order valence-corrected chi connectivity index (χ4v) is 4.98. The third-order valence-electron chi connectivity index (χ3n) is 6.42. The summed E-state index contributed by atoms with van der Waals surface area (Å²) in [4.78, 5) is 14.5. The second kappa shape index (κ2) is 18.9. The number of carbonyl (C=O) groups is 1. The molecule has 0 unspecified atom stereocenters. The molecule has 1 amide bonds. The standard InChI is InChI=1S/C24H47NO4S.H3N/c1-2-3-4-5-6-7-8-9-10-11-12-13-17-20-24(26)25(21-22-30(27,28)29)23-18-15-14-16-19-23;/h23H,2-22H2,1H3,(H,27,28,29);1H3. The van der Waals surface area contributed by atoms with Crippen LogP contribution in [0.5, 0.6) is 0 Å². The van der Waals surface area contributed by atoms with Crippen molar-refractivity contribution in [2.45, 2.75) is 135 Å². The third kappa shape index (κ3) is 16.6. The first-order valence-corrected chi connectivity index (χ1v) is 14.3. The summed E-state index contributed by atoms with van der Waals surface area (Å²) in [5.74, 6) is -0.290. The molecule has 0 radical (unpaired) electrons. The van der Waals surface area contributed by atoms with E-state index in [1.807, 2.05) is 0 Å². The van der Waals surface area contributed by atoms with Crippen molar-refractivity contribution in [2.75, 3.05) is 12.3 Å². The Morgan fingerprint density at radius 1 is 0.806 bits per heavy atom. The van der Waals surface area contributed by atoms with Crippen LogP contribution in [0.25, 0.3) is 0 Å². The molecule has 4 N–H and O–H groups in total. The Bertz CT molecular complexity index is 534. The highest BCUT2D eigenvalue weighted by molar-refractivity contribution is 7.85. The first-order valence-electron chi connectivity index (χ1n) is 12.7. The van der Waals surface area contributed by atoms with E-state index in [9.17, 15) is 13.2 Å². The topological polar surface area (TPSA) is 110 Å². The predicted octanol–water partition coefficient (Wildman–Crippen LogP) is 6.68. The fourth-order valence-electron chi connectivity index (χ4n) is 4.55. The summed E-state index contributed by atoms with van der Waals surface area (Å²) in [6, 6.07) is 0.148. The van der Waals surface area contributed by atoms with Gasteiger partial charge in [0.05, 0.1) is 5.75 Å². The number of hydrogen-bond donors (Lipinski definition) is 2. The normalized spacial score (nSPS) is 14.9. The van der Waals surface area contributed by atoms with E-state index in [1.54, 1.807) is 4.90 Å². The Hall–Kier alpha value is -0.660. The number of unbranched alkanes of at least 4 members (excludes halogenated alkanes) is 12. The van der Waals surface area contributed by atoms with Crippen LogP contribution in [0.3, 0.4) is 0 Å². The van der Waals surface area contributed by atoms with Gasteiger partial charge in [-0.1, -0.05) is 103 Å². The van der Waals surface area contributed by atoms with Crippen LogP contribution >= 0.6 is 0 Å². The largest absolute Gasteiger partial charge is 0.344 e. The average Bonchev–Trinajstić information content (AvgIpc) is 2.71. The number of carbonyl (C=O) groups excluding carboxylic acids is 1. The smallest absolute Gasteiger partial charge is 0.266 e. The van der Waals surface area contributed by atoms with Gasteiger partial charge in [0, 0.05) is 19.0 Å². The molecule has 0 atom stereocenters. The van der Waals surface area contributed by atoms with Crippen molar-refractivity contribution in [1.29, 1.82) is 0 Å². The van der Waals surface area contributed by atoms with E-state index < -0.39 is 10.1 Å². The molecular weight excluding hydrogens is 412 g/mol. The molecule has 1 fully saturated rings. The van der Waals surface area contributed by atoms with Crippen molar-refractivity contribution in [3.05, 3.63) is 0 Å². The molecule has 0 aromatic heterocycles. The third-order valence-corrected chi connectivity index (χ3v) is 7.12. The van der Waals surface area contributed by atoms with Crippen LogP contribution in [0, 0.1) is 0 Å². The lowest BCUT2D eigenvalue weighted by Gasteiger charge is -2.34. The number of nitrogens with zero attached hydrogens (tertiary/aromatic N) is 1. The van der Waals surface area contributed by atoms with Gasteiger partial charge < -0.3 is 11.1 Å². The molecule has 1 saturated carbocycles. The molecule has 31 heavy (non-hydrogen) atoms. The van der Waals surface area contributed by atoms with Crippen molar-refractivity contribution in [3.63, 3.8) is 0 Å². The lowest BCUT2D eigenvalue weighted by Crippen LogP contribution is -2.43. The van der Waals surface area contributed by atoms with Gasteiger partial charge in [-0.25, -0.2) is 0 Å². The summed E-state index contributed by atoms with van der Waals surface area (Å²) < 4.78 is 31.4. The Kier molecular flexibility index (Phi) is 18.5. The Balaban J connectivity index is 0.00000900. The van der Waals surface area contributed by atoms with E-state index in [1.165, 1.54) is 77.0 Å². The monoisotopic (exact) mass is 462 g/mol. The summed E-state index contributed by atoms with van der Waals surface area (Å²) in [5.41, 5.74) is 0. The minimum atomic E-state index is -4.03. The molecule has 6 nitrogen and oxygen atoms in total. The quantitative estimate of drug-likeness (QED) is 0.174. The molecule has 186 valence electrons. The van der Waals surface area contributed by atoms with E-state index in [0.29, 0.717) is 6.42 Å². The van der Waals surface area contributed by atoms with Gasteiger partial charge in [0.2, 0.25) is 5.91 Å². The first-order chi connectivity index (χ1) is 14.4. The maximum Gasteiger partial charge on any atom is 0.266 e. The fraction of sp³-hybridized carbons (Fsp3) is 0.958. The minimum absolute atomic E-state index is 0.